The molecule has 22 heavy (non-hydrogen) atoms. The molecule has 0 saturated heterocycles. The Morgan fingerprint density at radius 3 is 2.41 bits per heavy atom. The van der Waals surface area contributed by atoms with E-state index in [1.165, 1.54) is 31.2 Å². The van der Waals surface area contributed by atoms with Crippen LogP contribution < -0.4 is 10.6 Å². The fourth-order valence-corrected chi connectivity index (χ4v) is 2.73. The van der Waals surface area contributed by atoms with Gasteiger partial charge in [-0.25, -0.2) is 4.79 Å². The highest BCUT2D eigenvalue weighted by molar-refractivity contribution is 5.84. The van der Waals surface area contributed by atoms with Crippen molar-refractivity contribution in [1.82, 2.24) is 5.32 Å². The number of anilines is 1. The summed E-state index contributed by atoms with van der Waals surface area (Å²) >= 11 is 0. The molecule has 1 aromatic rings. The van der Waals surface area contributed by atoms with Crippen molar-refractivity contribution in [3.63, 3.8) is 0 Å². The molecule has 0 bridgehead atoms. The third-order valence-corrected chi connectivity index (χ3v) is 3.80. The predicted octanol–water partition coefficient (Wildman–Crippen LogP) is 4.11. The van der Waals surface area contributed by atoms with Gasteiger partial charge in [-0.15, -0.1) is 0 Å². The number of ether oxygens (including phenoxy) is 1. The summed E-state index contributed by atoms with van der Waals surface area (Å²) in [5.41, 5.74) is 1.57. The van der Waals surface area contributed by atoms with Crippen LogP contribution in [0.3, 0.4) is 0 Å². The van der Waals surface area contributed by atoms with Crippen LogP contribution in [0.15, 0.2) is 24.3 Å². The fourth-order valence-electron chi connectivity index (χ4n) is 2.73. The standard InChI is InChI=1S/C18H28N2O2/c1-18(2,3)22-17(21)20-16-10-8-14(9-11-16)12-13-19-15-6-4-5-7-15/h8-11,15,19H,4-7,12-13H2,1-3H3,(H,20,21). The van der Waals surface area contributed by atoms with Gasteiger partial charge in [-0.2, -0.15) is 0 Å². The average Bonchev–Trinajstić information content (AvgIpc) is 2.92. The van der Waals surface area contributed by atoms with E-state index in [2.05, 4.69) is 22.8 Å². The van der Waals surface area contributed by atoms with E-state index in [0.29, 0.717) is 6.04 Å². The molecule has 1 fully saturated rings. The Hall–Kier alpha value is -1.55. The van der Waals surface area contributed by atoms with Crippen LogP contribution in [0.1, 0.15) is 52.0 Å². The van der Waals surface area contributed by atoms with Crippen LogP contribution in [0.2, 0.25) is 0 Å². The van der Waals surface area contributed by atoms with Gasteiger partial charge in [-0.1, -0.05) is 25.0 Å². The fraction of sp³-hybridized carbons (Fsp3) is 0.611. The minimum Gasteiger partial charge on any atom is -0.444 e. The molecule has 0 unspecified atom stereocenters. The summed E-state index contributed by atoms with van der Waals surface area (Å²) in [6.07, 6.45) is 5.97. The van der Waals surface area contributed by atoms with Crippen molar-refractivity contribution in [1.29, 1.82) is 0 Å². The summed E-state index contributed by atoms with van der Waals surface area (Å²) in [5, 5.41) is 6.36. The van der Waals surface area contributed by atoms with Crippen LogP contribution in [0, 0.1) is 0 Å². The molecule has 0 spiro atoms. The van der Waals surface area contributed by atoms with Crippen molar-refractivity contribution >= 4 is 11.8 Å². The minimum absolute atomic E-state index is 0.414. The molecule has 1 saturated carbocycles. The van der Waals surface area contributed by atoms with Crippen LogP contribution in [0.25, 0.3) is 0 Å². The number of hydrogen-bond acceptors (Lipinski definition) is 3. The molecule has 0 radical (unpaired) electrons. The molecule has 1 aromatic carbocycles. The second kappa shape index (κ2) is 7.63. The lowest BCUT2D eigenvalue weighted by molar-refractivity contribution is 0.0636. The number of carbonyl (C=O) groups is 1. The van der Waals surface area contributed by atoms with E-state index in [0.717, 1.165) is 18.7 Å². The van der Waals surface area contributed by atoms with E-state index in [4.69, 9.17) is 4.74 Å². The number of rotatable bonds is 5. The second-order valence-corrected chi connectivity index (χ2v) is 7.01. The Balaban J connectivity index is 1.73. The van der Waals surface area contributed by atoms with Gasteiger partial charge in [0.25, 0.3) is 0 Å². The third kappa shape index (κ3) is 6.06. The SMILES string of the molecule is CC(C)(C)OC(=O)Nc1ccc(CCNC2CCCC2)cc1. The predicted molar refractivity (Wildman–Crippen MR) is 90.3 cm³/mol. The third-order valence-electron chi connectivity index (χ3n) is 3.80. The molecule has 2 rings (SSSR count). The highest BCUT2D eigenvalue weighted by atomic mass is 16.6. The molecule has 0 heterocycles. The lowest BCUT2D eigenvalue weighted by Gasteiger charge is -2.19. The number of amides is 1. The van der Waals surface area contributed by atoms with E-state index >= 15 is 0 Å². The second-order valence-electron chi connectivity index (χ2n) is 7.01. The van der Waals surface area contributed by atoms with Crippen molar-refractivity contribution in [3.8, 4) is 0 Å². The smallest absolute Gasteiger partial charge is 0.412 e. The van der Waals surface area contributed by atoms with Crippen LogP contribution in [0.4, 0.5) is 10.5 Å². The maximum atomic E-state index is 11.7. The van der Waals surface area contributed by atoms with Crippen LogP contribution in [-0.4, -0.2) is 24.3 Å². The van der Waals surface area contributed by atoms with Gasteiger partial charge in [0.15, 0.2) is 0 Å². The van der Waals surface area contributed by atoms with Crippen molar-refractivity contribution in [2.75, 3.05) is 11.9 Å². The zero-order valence-corrected chi connectivity index (χ0v) is 13.9. The summed E-state index contributed by atoms with van der Waals surface area (Å²) in [5.74, 6) is 0. The first-order valence-electron chi connectivity index (χ1n) is 8.25. The summed E-state index contributed by atoms with van der Waals surface area (Å²) in [6.45, 7) is 6.58. The first-order chi connectivity index (χ1) is 10.4. The Bertz CT molecular complexity index is 471. The normalized spacial score (nSPS) is 15.8. The molecule has 0 aliphatic heterocycles. The van der Waals surface area contributed by atoms with E-state index in [9.17, 15) is 4.79 Å². The summed E-state index contributed by atoms with van der Waals surface area (Å²) < 4.78 is 5.23. The van der Waals surface area contributed by atoms with Crippen molar-refractivity contribution in [3.05, 3.63) is 29.8 Å². The van der Waals surface area contributed by atoms with E-state index in [-0.39, 0.29) is 0 Å². The van der Waals surface area contributed by atoms with Crippen molar-refractivity contribution in [2.45, 2.75) is 64.5 Å². The van der Waals surface area contributed by atoms with Crippen molar-refractivity contribution in [2.24, 2.45) is 0 Å². The Morgan fingerprint density at radius 2 is 1.82 bits per heavy atom. The van der Waals surface area contributed by atoms with Gasteiger partial charge < -0.3 is 10.1 Å². The van der Waals surface area contributed by atoms with Gasteiger partial charge in [-0.3, -0.25) is 5.32 Å². The van der Waals surface area contributed by atoms with E-state index in [1.54, 1.807) is 0 Å². The number of nitrogens with one attached hydrogen (secondary N) is 2. The molecule has 2 N–H and O–H groups in total. The lowest BCUT2D eigenvalue weighted by Crippen LogP contribution is -2.28. The van der Waals surface area contributed by atoms with Gasteiger partial charge in [0.1, 0.15) is 5.60 Å². The number of carbonyl (C=O) groups excluding carboxylic acids is 1. The number of hydrogen-bond donors (Lipinski definition) is 2. The lowest BCUT2D eigenvalue weighted by atomic mass is 10.1. The molecule has 0 atom stereocenters. The first kappa shape index (κ1) is 16.8. The maximum Gasteiger partial charge on any atom is 0.412 e. The quantitative estimate of drug-likeness (QED) is 0.860. The molecular formula is C18H28N2O2. The largest absolute Gasteiger partial charge is 0.444 e. The Kier molecular flexibility index (Phi) is 5.83. The molecule has 4 nitrogen and oxygen atoms in total. The Labute approximate surface area is 133 Å². The van der Waals surface area contributed by atoms with E-state index < -0.39 is 11.7 Å². The van der Waals surface area contributed by atoms with Gasteiger partial charge >= 0.3 is 6.09 Å². The van der Waals surface area contributed by atoms with E-state index in [1.807, 2.05) is 32.9 Å². The first-order valence-corrected chi connectivity index (χ1v) is 8.25. The van der Waals surface area contributed by atoms with Crippen LogP contribution in [-0.2, 0) is 11.2 Å². The molecule has 122 valence electrons. The summed E-state index contributed by atoms with van der Waals surface area (Å²) in [4.78, 5) is 11.7. The molecular weight excluding hydrogens is 276 g/mol. The molecule has 1 amide bonds. The van der Waals surface area contributed by atoms with Gasteiger partial charge in [0.05, 0.1) is 0 Å². The zero-order chi connectivity index (χ0) is 16.0. The topological polar surface area (TPSA) is 50.4 Å². The summed E-state index contributed by atoms with van der Waals surface area (Å²) in [7, 11) is 0. The Morgan fingerprint density at radius 1 is 1.18 bits per heavy atom. The van der Waals surface area contributed by atoms with Crippen molar-refractivity contribution < 1.29 is 9.53 Å². The molecule has 1 aliphatic carbocycles. The molecule has 0 aromatic heterocycles. The average molecular weight is 304 g/mol. The summed E-state index contributed by atoms with van der Waals surface area (Å²) in [6, 6.07) is 8.68. The molecule has 4 heteroatoms. The highest BCUT2D eigenvalue weighted by Gasteiger charge is 2.16. The minimum atomic E-state index is -0.476. The molecule has 1 aliphatic rings. The van der Waals surface area contributed by atoms with Gasteiger partial charge in [0, 0.05) is 11.7 Å². The maximum absolute atomic E-state index is 11.7. The monoisotopic (exact) mass is 304 g/mol. The van der Waals surface area contributed by atoms with Gasteiger partial charge in [-0.05, 0) is 64.3 Å². The van der Waals surface area contributed by atoms with Crippen LogP contribution >= 0.6 is 0 Å². The highest BCUT2D eigenvalue weighted by Crippen LogP contribution is 2.18. The van der Waals surface area contributed by atoms with Gasteiger partial charge in [0.2, 0.25) is 0 Å². The van der Waals surface area contributed by atoms with Crippen LogP contribution in [0.5, 0.6) is 0 Å². The zero-order valence-electron chi connectivity index (χ0n) is 13.9. The number of benzene rings is 1.